The van der Waals surface area contributed by atoms with Crippen LogP contribution in [0.3, 0.4) is 0 Å². The average Bonchev–Trinajstić information content (AvgIpc) is 3.10. The first kappa shape index (κ1) is 29.9. The minimum atomic E-state index is -0.276. The van der Waals surface area contributed by atoms with E-state index in [1.807, 2.05) is 6.07 Å². The molecule has 39 heavy (non-hydrogen) atoms. The van der Waals surface area contributed by atoms with Crippen LogP contribution in [0.5, 0.6) is 0 Å². The molecule has 6 nitrogen and oxygen atoms in total. The van der Waals surface area contributed by atoms with Gasteiger partial charge < -0.3 is 20.4 Å². The first-order valence-electron chi connectivity index (χ1n) is 14.4. The molecule has 2 saturated heterocycles. The van der Waals surface area contributed by atoms with E-state index in [-0.39, 0.29) is 23.9 Å². The van der Waals surface area contributed by atoms with Gasteiger partial charge in [0.15, 0.2) is 0 Å². The van der Waals surface area contributed by atoms with Crippen LogP contribution in [0.25, 0.3) is 0 Å². The van der Waals surface area contributed by atoms with E-state index < -0.39 is 0 Å². The van der Waals surface area contributed by atoms with Crippen molar-refractivity contribution in [3.05, 3.63) is 69.7 Å². The molecule has 8 heteroatoms. The molecule has 2 heterocycles. The van der Waals surface area contributed by atoms with E-state index in [4.69, 9.17) is 23.2 Å². The van der Waals surface area contributed by atoms with E-state index in [0.717, 1.165) is 32.4 Å². The van der Waals surface area contributed by atoms with Crippen molar-refractivity contribution in [1.29, 1.82) is 0 Å². The number of halogens is 2. The van der Waals surface area contributed by atoms with E-state index in [1.54, 1.807) is 18.2 Å². The summed E-state index contributed by atoms with van der Waals surface area (Å²) in [5.41, 5.74) is 1.74. The molecule has 0 spiro atoms. The molecule has 212 valence electrons. The Morgan fingerprint density at radius 1 is 1.08 bits per heavy atom. The fourth-order valence-electron chi connectivity index (χ4n) is 5.83. The van der Waals surface area contributed by atoms with Crippen LogP contribution in [0.1, 0.15) is 74.2 Å². The van der Waals surface area contributed by atoms with Crippen LogP contribution in [-0.2, 0) is 4.79 Å². The number of hydrogen-bond acceptors (Lipinski definition) is 4. The molecule has 2 unspecified atom stereocenters. The standard InChI is InChI=1S/C31H42Cl2N4O2/c1-3-23(24-10-5-4-6-11-24)21-37-17-14-26(20-34-30(38)25-12-13-27(32)28(33)19-25)35-29(31(37)39)15-18-36-16-8-7-9-22(36)2/h4-6,10-13,19,22-23,26,29,35H,3,7-9,14-18,20-21H2,1-2H3,(H,34,38)/t22?,23?,26-,29-/m0/s1. The molecule has 2 aliphatic heterocycles. The molecular weight excluding hydrogens is 531 g/mol. The Balaban J connectivity index is 1.44. The average molecular weight is 574 g/mol. The van der Waals surface area contributed by atoms with Gasteiger partial charge in [-0.2, -0.15) is 0 Å². The number of piperidine rings is 1. The number of benzene rings is 2. The zero-order valence-corrected chi connectivity index (χ0v) is 24.7. The Bertz CT molecular complexity index is 1100. The highest BCUT2D eigenvalue weighted by Gasteiger charge is 2.33. The zero-order valence-electron chi connectivity index (χ0n) is 23.2. The molecule has 2 aromatic carbocycles. The highest BCUT2D eigenvalue weighted by atomic mass is 35.5. The van der Waals surface area contributed by atoms with Gasteiger partial charge in [0.25, 0.3) is 5.91 Å². The van der Waals surface area contributed by atoms with Gasteiger partial charge in [0.2, 0.25) is 5.91 Å². The number of carbonyl (C=O) groups is 2. The zero-order chi connectivity index (χ0) is 27.8. The number of rotatable bonds is 10. The summed E-state index contributed by atoms with van der Waals surface area (Å²) in [4.78, 5) is 31.3. The van der Waals surface area contributed by atoms with E-state index in [9.17, 15) is 9.59 Å². The van der Waals surface area contributed by atoms with E-state index in [2.05, 4.69) is 58.5 Å². The van der Waals surface area contributed by atoms with Gasteiger partial charge in [0.05, 0.1) is 16.1 Å². The van der Waals surface area contributed by atoms with Gasteiger partial charge in [-0.15, -0.1) is 0 Å². The minimum Gasteiger partial charge on any atom is -0.350 e. The largest absolute Gasteiger partial charge is 0.350 e. The van der Waals surface area contributed by atoms with Crippen molar-refractivity contribution in [2.45, 2.75) is 76.4 Å². The van der Waals surface area contributed by atoms with Gasteiger partial charge in [-0.05, 0) is 69.3 Å². The molecule has 0 saturated carbocycles. The first-order valence-corrected chi connectivity index (χ1v) is 15.2. The van der Waals surface area contributed by atoms with Gasteiger partial charge in [0.1, 0.15) is 0 Å². The lowest BCUT2D eigenvalue weighted by molar-refractivity contribution is -0.133. The van der Waals surface area contributed by atoms with Crippen LogP contribution in [0.15, 0.2) is 48.5 Å². The Kier molecular flexibility index (Phi) is 11.1. The maximum atomic E-state index is 13.9. The second-order valence-corrected chi connectivity index (χ2v) is 11.8. The first-order chi connectivity index (χ1) is 18.9. The maximum absolute atomic E-state index is 13.9. The van der Waals surface area contributed by atoms with Crippen LogP contribution in [0, 0.1) is 0 Å². The van der Waals surface area contributed by atoms with Crippen molar-refractivity contribution in [2.75, 3.05) is 32.7 Å². The molecule has 0 aromatic heterocycles. The SMILES string of the molecule is CCC(CN1CC[C@@H](CNC(=O)c2ccc(Cl)c(Cl)c2)N[C@@H](CCN2CCCCC2C)C1=O)c1ccccc1. The monoisotopic (exact) mass is 572 g/mol. The number of carbonyl (C=O) groups excluding carboxylic acids is 2. The molecule has 2 N–H and O–H groups in total. The maximum Gasteiger partial charge on any atom is 0.251 e. The van der Waals surface area contributed by atoms with Crippen LogP contribution in [-0.4, -0.2) is 72.5 Å². The van der Waals surface area contributed by atoms with E-state index in [0.29, 0.717) is 47.2 Å². The summed E-state index contributed by atoms with van der Waals surface area (Å²) in [5, 5.41) is 7.44. The number of nitrogens with one attached hydrogen (secondary N) is 2. The molecular formula is C31H42Cl2N4O2. The topological polar surface area (TPSA) is 64.7 Å². The van der Waals surface area contributed by atoms with Gasteiger partial charge in [-0.1, -0.05) is 66.9 Å². The van der Waals surface area contributed by atoms with Gasteiger partial charge in [-0.25, -0.2) is 0 Å². The van der Waals surface area contributed by atoms with E-state index in [1.165, 1.54) is 24.8 Å². The molecule has 2 aliphatic rings. The summed E-state index contributed by atoms with van der Waals surface area (Å²) in [6, 6.07) is 15.6. The molecule has 2 fully saturated rings. The van der Waals surface area contributed by atoms with Crippen molar-refractivity contribution in [3.63, 3.8) is 0 Å². The second kappa shape index (κ2) is 14.5. The summed E-state index contributed by atoms with van der Waals surface area (Å²) < 4.78 is 0. The highest BCUT2D eigenvalue weighted by Crippen LogP contribution is 2.24. The fraction of sp³-hybridized carbons (Fsp3) is 0.548. The summed E-state index contributed by atoms with van der Waals surface area (Å²) in [5.74, 6) is 0.271. The summed E-state index contributed by atoms with van der Waals surface area (Å²) in [7, 11) is 0. The predicted octanol–water partition coefficient (Wildman–Crippen LogP) is 5.74. The lowest BCUT2D eigenvalue weighted by atomic mass is 9.95. The molecule has 2 aromatic rings. The number of likely N-dealkylation sites (tertiary alicyclic amines) is 1. The van der Waals surface area contributed by atoms with Crippen LogP contribution < -0.4 is 10.6 Å². The summed E-state index contributed by atoms with van der Waals surface area (Å²) in [6.07, 6.45) is 6.23. The third-order valence-electron chi connectivity index (χ3n) is 8.34. The van der Waals surface area contributed by atoms with Crippen LogP contribution in [0.4, 0.5) is 0 Å². The van der Waals surface area contributed by atoms with Crippen molar-refractivity contribution in [3.8, 4) is 0 Å². The van der Waals surface area contributed by atoms with Gasteiger partial charge in [0, 0.05) is 49.7 Å². The second-order valence-electron chi connectivity index (χ2n) is 11.0. The Labute approximate surface area is 243 Å². The summed E-state index contributed by atoms with van der Waals surface area (Å²) in [6.45, 7) is 8.29. The van der Waals surface area contributed by atoms with Crippen molar-refractivity contribution in [2.24, 2.45) is 0 Å². The van der Waals surface area contributed by atoms with Crippen molar-refractivity contribution >= 4 is 35.0 Å². The molecule has 0 radical (unpaired) electrons. The Hall–Kier alpha value is -2.12. The summed E-state index contributed by atoms with van der Waals surface area (Å²) >= 11 is 12.1. The molecule has 0 bridgehead atoms. The Morgan fingerprint density at radius 2 is 1.87 bits per heavy atom. The quantitative estimate of drug-likeness (QED) is 0.381. The number of hydrogen-bond donors (Lipinski definition) is 2. The van der Waals surface area contributed by atoms with Crippen LogP contribution >= 0.6 is 23.2 Å². The van der Waals surface area contributed by atoms with Crippen molar-refractivity contribution < 1.29 is 9.59 Å². The van der Waals surface area contributed by atoms with Gasteiger partial charge in [-0.3, -0.25) is 9.59 Å². The normalized spacial score (nSPS) is 23.3. The molecule has 4 rings (SSSR count). The highest BCUT2D eigenvalue weighted by molar-refractivity contribution is 6.42. The number of amides is 2. The molecule has 0 aliphatic carbocycles. The lowest BCUT2D eigenvalue weighted by Gasteiger charge is -2.35. The lowest BCUT2D eigenvalue weighted by Crippen LogP contribution is -2.51. The third kappa shape index (κ3) is 8.20. The fourth-order valence-corrected chi connectivity index (χ4v) is 6.13. The van der Waals surface area contributed by atoms with E-state index >= 15 is 0 Å². The van der Waals surface area contributed by atoms with Gasteiger partial charge >= 0.3 is 0 Å². The number of nitrogens with zero attached hydrogens (tertiary/aromatic N) is 2. The smallest absolute Gasteiger partial charge is 0.251 e. The van der Waals surface area contributed by atoms with Crippen molar-refractivity contribution in [1.82, 2.24) is 20.4 Å². The van der Waals surface area contributed by atoms with Crippen LogP contribution in [0.2, 0.25) is 10.0 Å². The predicted molar refractivity (Wildman–Crippen MR) is 160 cm³/mol. The molecule has 4 atom stereocenters. The molecule has 2 amide bonds. The minimum absolute atomic E-state index is 0.00810. The Morgan fingerprint density at radius 3 is 2.59 bits per heavy atom. The third-order valence-corrected chi connectivity index (χ3v) is 9.07.